The molecule has 0 aromatic heterocycles. The highest BCUT2D eigenvalue weighted by Gasteiger charge is 2.26. The minimum absolute atomic E-state index is 0.0588. The molecule has 0 saturated heterocycles. The van der Waals surface area contributed by atoms with Crippen LogP contribution in [-0.2, 0) is 6.42 Å². The third-order valence-corrected chi connectivity index (χ3v) is 5.51. The van der Waals surface area contributed by atoms with Gasteiger partial charge in [0.05, 0.1) is 12.5 Å². The zero-order chi connectivity index (χ0) is 19.3. The number of benzene rings is 3. The lowest BCUT2D eigenvalue weighted by atomic mass is 9.87. The topological polar surface area (TPSA) is 61.7 Å². The standard InChI is InChI=1S/C23H25NO3/c1-12-9-15-5-7-18(23(26)21(15)19(10-12)27-4)17-8-6-16-11-13(2)24-14(3)20(16)22(17)25/h5-10,13-14,24-26H,11H2,1-4H3/t13-,14+/m1/s1. The van der Waals surface area contributed by atoms with E-state index in [1.54, 1.807) is 7.11 Å². The lowest BCUT2D eigenvalue weighted by Crippen LogP contribution is -2.35. The molecule has 1 aliphatic rings. The van der Waals surface area contributed by atoms with Crippen molar-refractivity contribution in [2.45, 2.75) is 39.3 Å². The van der Waals surface area contributed by atoms with E-state index in [0.717, 1.165) is 28.5 Å². The van der Waals surface area contributed by atoms with E-state index in [4.69, 9.17) is 4.74 Å². The Kier molecular flexibility index (Phi) is 4.23. The Bertz CT molecular complexity index is 1040. The Balaban J connectivity index is 1.95. The fourth-order valence-electron chi connectivity index (χ4n) is 4.36. The van der Waals surface area contributed by atoms with Crippen molar-refractivity contribution in [3.05, 3.63) is 53.1 Å². The average Bonchev–Trinajstić information content (AvgIpc) is 2.61. The van der Waals surface area contributed by atoms with Gasteiger partial charge in [-0.3, -0.25) is 0 Å². The van der Waals surface area contributed by atoms with Crippen molar-refractivity contribution in [1.29, 1.82) is 0 Å². The number of aromatic hydroxyl groups is 2. The maximum absolute atomic E-state index is 11.0. The van der Waals surface area contributed by atoms with Crippen LogP contribution in [0.25, 0.3) is 21.9 Å². The summed E-state index contributed by atoms with van der Waals surface area (Å²) in [6.45, 7) is 6.20. The van der Waals surface area contributed by atoms with Crippen LogP contribution in [0, 0.1) is 6.92 Å². The van der Waals surface area contributed by atoms with Gasteiger partial charge in [0.2, 0.25) is 0 Å². The molecule has 3 aromatic carbocycles. The van der Waals surface area contributed by atoms with Crippen molar-refractivity contribution in [2.75, 3.05) is 7.11 Å². The number of methoxy groups -OCH3 is 1. The van der Waals surface area contributed by atoms with Gasteiger partial charge in [0.25, 0.3) is 0 Å². The number of nitrogens with one attached hydrogen (secondary N) is 1. The molecule has 27 heavy (non-hydrogen) atoms. The second kappa shape index (κ2) is 6.46. The molecule has 0 spiro atoms. The lowest BCUT2D eigenvalue weighted by Gasteiger charge is -2.30. The molecule has 1 heterocycles. The second-order valence-electron chi connectivity index (χ2n) is 7.56. The van der Waals surface area contributed by atoms with Crippen LogP contribution in [0.15, 0.2) is 36.4 Å². The normalized spacial score (nSPS) is 19.1. The fourth-order valence-corrected chi connectivity index (χ4v) is 4.36. The summed E-state index contributed by atoms with van der Waals surface area (Å²) in [4.78, 5) is 0. The van der Waals surface area contributed by atoms with Crippen LogP contribution in [0.2, 0.25) is 0 Å². The summed E-state index contributed by atoms with van der Waals surface area (Å²) in [6.07, 6.45) is 0.879. The summed E-state index contributed by atoms with van der Waals surface area (Å²) >= 11 is 0. The van der Waals surface area contributed by atoms with Crippen molar-refractivity contribution in [2.24, 2.45) is 0 Å². The predicted octanol–water partition coefficient (Wildman–Crippen LogP) is 4.83. The van der Waals surface area contributed by atoms with Crippen LogP contribution in [0.3, 0.4) is 0 Å². The molecule has 0 saturated carbocycles. The first-order valence-electron chi connectivity index (χ1n) is 9.32. The first-order chi connectivity index (χ1) is 12.9. The molecule has 4 heteroatoms. The summed E-state index contributed by atoms with van der Waals surface area (Å²) < 4.78 is 5.50. The van der Waals surface area contributed by atoms with E-state index in [0.29, 0.717) is 28.3 Å². The first-order valence-corrected chi connectivity index (χ1v) is 9.32. The van der Waals surface area contributed by atoms with E-state index < -0.39 is 0 Å². The Morgan fingerprint density at radius 1 is 1.00 bits per heavy atom. The van der Waals surface area contributed by atoms with Gasteiger partial charge < -0.3 is 20.3 Å². The highest BCUT2D eigenvalue weighted by atomic mass is 16.5. The van der Waals surface area contributed by atoms with E-state index in [1.807, 2.05) is 37.3 Å². The summed E-state index contributed by atoms with van der Waals surface area (Å²) in [5.41, 5.74) is 4.39. The summed E-state index contributed by atoms with van der Waals surface area (Å²) in [5, 5.41) is 27.1. The van der Waals surface area contributed by atoms with Crippen molar-refractivity contribution in [3.8, 4) is 28.4 Å². The Morgan fingerprint density at radius 2 is 1.70 bits per heavy atom. The maximum atomic E-state index is 11.0. The maximum Gasteiger partial charge on any atom is 0.135 e. The van der Waals surface area contributed by atoms with Gasteiger partial charge in [0.1, 0.15) is 17.2 Å². The molecule has 0 unspecified atom stereocenters. The predicted molar refractivity (Wildman–Crippen MR) is 109 cm³/mol. The molecule has 0 aliphatic carbocycles. The van der Waals surface area contributed by atoms with E-state index in [-0.39, 0.29) is 17.5 Å². The second-order valence-corrected chi connectivity index (χ2v) is 7.56. The number of hydrogen-bond acceptors (Lipinski definition) is 4. The molecule has 1 aliphatic heterocycles. The zero-order valence-corrected chi connectivity index (χ0v) is 16.1. The van der Waals surface area contributed by atoms with Crippen LogP contribution >= 0.6 is 0 Å². The summed E-state index contributed by atoms with van der Waals surface area (Å²) in [5.74, 6) is 0.996. The molecular formula is C23H25NO3. The number of ether oxygens (including phenoxy) is 1. The van der Waals surface area contributed by atoms with Crippen LogP contribution < -0.4 is 10.1 Å². The van der Waals surface area contributed by atoms with Gasteiger partial charge in [-0.05, 0) is 55.8 Å². The lowest BCUT2D eigenvalue weighted by molar-refractivity contribution is 0.409. The van der Waals surface area contributed by atoms with Crippen LogP contribution in [-0.4, -0.2) is 23.4 Å². The Morgan fingerprint density at radius 3 is 2.44 bits per heavy atom. The molecule has 0 bridgehead atoms. The Hall–Kier alpha value is -2.72. The van der Waals surface area contributed by atoms with E-state index in [9.17, 15) is 10.2 Å². The Labute approximate surface area is 159 Å². The molecule has 140 valence electrons. The number of phenols is 2. The summed E-state index contributed by atoms with van der Waals surface area (Å²) in [7, 11) is 1.60. The minimum atomic E-state index is 0.0588. The van der Waals surface area contributed by atoms with Gasteiger partial charge in [0, 0.05) is 28.8 Å². The smallest absolute Gasteiger partial charge is 0.135 e. The SMILES string of the molecule is COc1cc(C)cc2ccc(-c3ccc4c(c3O)[C@H](C)N[C@H](C)C4)c(O)c12. The molecule has 0 fully saturated rings. The number of phenolic OH excluding ortho intramolecular Hbond substituents is 2. The largest absolute Gasteiger partial charge is 0.507 e. The molecule has 0 amide bonds. The van der Waals surface area contributed by atoms with Gasteiger partial charge in [-0.2, -0.15) is 0 Å². The fraction of sp³-hybridized carbons (Fsp3) is 0.304. The monoisotopic (exact) mass is 363 g/mol. The average molecular weight is 363 g/mol. The molecule has 4 rings (SSSR count). The van der Waals surface area contributed by atoms with Gasteiger partial charge in [-0.1, -0.05) is 24.3 Å². The third-order valence-electron chi connectivity index (χ3n) is 5.51. The van der Waals surface area contributed by atoms with Crippen LogP contribution in [0.1, 0.15) is 36.6 Å². The molecule has 2 atom stereocenters. The molecule has 4 nitrogen and oxygen atoms in total. The van der Waals surface area contributed by atoms with Gasteiger partial charge in [-0.25, -0.2) is 0 Å². The third kappa shape index (κ3) is 2.81. The quantitative estimate of drug-likeness (QED) is 0.610. The van der Waals surface area contributed by atoms with Crippen molar-refractivity contribution >= 4 is 10.8 Å². The van der Waals surface area contributed by atoms with Gasteiger partial charge >= 0.3 is 0 Å². The minimum Gasteiger partial charge on any atom is -0.507 e. The number of rotatable bonds is 2. The van der Waals surface area contributed by atoms with Crippen molar-refractivity contribution < 1.29 is 14.9 Å². The highest BCUT2D eigenvalue weighted by Crippen LogP contribution is 2.46. The number of fused-ring (bicyclic) bond motifs is 2. The summed E-state index contributed by atoms with van der Waals surface area (Å²) in [6, 6.07) is 12.1. The first kappa shape index (κ1) is 17.7. The number of hydrogen-bond donors (Lipinski definition) is 3. The highest BCUT2D eigenvalue weighted by molar-refractivity contribution is 6.00. The van der Waals surface area contributed by atoms with Crippen LogP contribution in [0.4, 0.5) is 0 Å². The van der Waals surface area contributed by atoms with Crippen LogP contribution in [0.5, 0.6) is 17.2 Å². The van der Waals surface area contributed by atoms with Gasteiger partial charge in [-0.15, -0.1) is 0 Å². The van der Waals surface area contributed by atoms with E-state index in [2.05, 4.69) is 25.2 Å². The molecule has 0 radical (unpaired) electrons. The zero-order valence-electron chi connectivity index (χ0n) is 16.1. The van der Waals surface area contributed by atoms with E-state index >= 15 is 0 Å². The molecule has 3 aromatic rings. The van der Waals surface area contributed by atoms with Gasteiger partial charge in [0.15, 0.2) is 0 Å². The van der Waals surface area contributed by atoms with E-state index in [1.165, 1.54) is 0 Å². The molecular weight excluding hydrogens is 338 g/mol. The van der Waals surface area contributed by atoms with Crippen molar-refractivity contribution in [3.63, 3.8) is 0 Å². The van der Waals surface area contributed by atoms with Crippen molar-refractivity contribution in [1.82, 2.24) is 5.32 Å². The molecule has 3 N–H and O–H groups in total. The number of aryl methyl sites for hydroxylation is 1.